The molecule has 1 atom stereocenters. The number of hydrogen-bond acceptors (Lipinski definition) is 7. The molecule has 4 aromatic rings. The van der Waals surface area contributed by atoms with E-state index in [9.17, 15) is 9.59 Å². The fraction of sp³-hybridized carbons (Fsp3) is 0.333. The third-order valence-electron chi connectivity index (χ3n) is 7.24. The quantitative estimate of drug-likeness (QED) is 0.318. The highest BCUT2D eigenvalue weighted by atomic mass is 16.5. The average Bonchev–Trinajstić information content (AvgIpc) is 3.65. The van der Waals surface area contributed by atoms with Crippen LogP contribution in [0.5, 0.6) is 17.2 Å². The van der Waals surface area contributed by atoms with Crippen LogP contribution in [0.25, 0.3) is 11.0 Å². The lowest BCUT2D eigenvalue weighted by atomic mass is 10.0. The second-order valence-electron chi connectivity index (χ2n) is 9.71. The Bertz CT molecular complexity index is 1500. The molecule has 0 spiro atoms. The van der Waals surface area contributed by atoms with Gasteiger partial charge < -0.3 is 19.5 Å². The molecule has 1 fully saturated rings. The number of amides is 2. The van der Waals surface area contributed by atoms with Gasteiger partial charge in [0.15, 0.2) is 11.5 Å². The third kappa shape index (κ3) is 5.56. The molecule has 0 bridgehead atoms. The normalized spacial score (nSPS) is 14.1. The lowest BCUT2D eigenvalue weighted by molar-refractivity contribution is -0.127. The van der Waals surface area contributed by atoms with Crippen LogP contribution in [0.2, 0.25) is 0 Å². The first-order chi connectivity index (χ1) is 19.5. The Kier molecular flexibility index (Phi) is 8.14. The van der Waals surface area contributed by atoms with E-state index in [4.69, 9.17) is 14.2 Å². The summed E-state index contributed by atoms with van der Waals surface area (Å²) in [7, 11) is 4.64. The summed E-state index contributed by atoms with van der Waals surface area (Å²) in [6.45, 7) is -0.133. The number of nitrogens with one attached hydrogen (secondary N) is 1. The fourth-order valence-corrected chi connectivity index (χ4v) is 5.23. The Hall–Kier alpha value is -4.60. The van der Waals surface area contributed by atoms with E-state index >= 15 is 0 Å². The van der Waals surface area contributed by atoms with Crippen molar-refractivity contribution < 1.29 is 23.8 Å². The number of methoxy groups -OCH3 is 3. The summed E-state index contributed by atoms with van der Waals surface area (Å²) in [5.41, 5.74) is 2.48. The maximum atomic E-state index is 14.3. The van der Waals surface area contributed by atoms with Crippen molar-refractivity contribution in [2.45, 2.75) is 44.3 Å². The number of carbonyl (C=O) groups is 2. The van der Waals surface area contributed by atoms with Gasteiger partial charge in [0.05, 0.1) is 26.8 Å². The number of fused-ring (bicyclic) bond motifs is 1. The van der Waals surface area contributed by atoms with Crippen molar-refractivity contribution in [3.05, 3.63) is 72.3 Å². The average molecular weight is 544 g/mol. The van der Waals surface area contributed by atoms with Gasteiger partial charge in [0.2, 0.25) is 11.8 Å². The van der Waals surface area contributed by atoms with E-state index in [-0.39, 0.29) is 24.4 Å². The lowest BCUT2D eigenvalue weighted by Crippen LogP contribution is -2.47. The van der Waals surface area contributed by atoms with Gasteiger partial charge in [-0.15, -0.1) is 5.10 Å². The number of rotatable bonds is 10. The van der Waals surface area contributed by atoms with E-state index < -0.39 is 6.04 Å². The van der Waals surface area contributed by atoms with Crippen LogP contribution in [-0.2, 0) is 16.1 Å². The van der Waals surface area contributed by atoms with Crippen molar-refractivity contribution in [3.8, 4) is 17.2 Å². The smallest absolute Gasteiger partial charge is 0.249 e. The van der Waals surface area contributed by atoms with E-state index in [0.717, 1.165) is 31.2 Å². The summed E-state index contributed by atoms with van der Waals surface area (Å²) in [5.74, 6) is 0.904. The van der Waals surface area contributed by atoms with Gasteiger partial charge in [-0.25, -0.2) is 4.68 Å². The van der Waals surface area contributed by atoms with E-state index in [2.05, 4.69) is 15.6 Å². The Morgan fingerprint density at radius 1 is 0.950 bits per heavy atom. The fourth-order valence-electron chi connectivity index (χ4n) is 5.23. The van der Waals surface area contributed by atoms with Gasteiger partial charge >= 0.3 is 0 Å². The monoisotopic (exact) mass is 543 g/mol. The standard InChI is InChI=1S/C30H33N5O5/c1-38-23-12-8-9-20(17-23)29(30(37)31-21-10-4-5-11-21)35(22-15-16-26(39-2)27(18-22)40-3)28(36)19-34-25-14-7-6-13-24(25)32-33-34/h6-9,12-18,21,29H,4-5,10-11,19H2,1-3H3,(H,31,37). The maximum absolute atomic E-state index is 14.3. The van der Waals surface area contributed by atoms with Crippen LogP contribution >= 0.6 is 0 Å². The Balaban J connectivity index is 1.62. The third-order valence-corrected chi connectivity index (χ3v) is 7.24. The Labute approximate surface area is 232 Å². The van der Waals surface area contributed by atoms with E-state index in [1.807, 2.05) is 36.4 Å². The Morgan fingerprint density at radius 3 is 2.48 bits per heavy atom. The molecule has 10 heteroatoms. The highest BCUT2D eigenvalue weighted by Crippen LogP contribution is 2.36. The highest BCUT2D eigenvalue weighted by Gasteiger charge is 2.35. The van der Waals surface area contributed by atoms with Crippen LogP contribution in [-0.4, -0.2) is 54.2 Å². The van der Waals surface area contributed by atoms with Gasteiger partial charge in [-0.2, -0.15) is 0 Å². The molecule has 2 amide bonds. The van der Waals surface area contributed by atoms with Crippen molar-refractivity contribution in [1.82, 2.24) is 20.3 Å². The number of anilines is 1. The molecule has 1 N–H and O–H groups in total. The minimum Gasteiger partial charge on any atom is -0.497 e. The van der Waals surface area contributed by atoms with E-state index in [1.165, 1.54) is 12.0 Å². The number of carbonyl (C=O) groups excluding carboxylic acids is 2. The molecule has 1 saturated carbocycles. The number of benzene rings is 3. The van der Waals surface area contributed by atoms with Gasteiger partial charge in [-0.05, 0) is 54.8 Å². The zero-order valence-corrected chi connectivity index (χ0v) is 22.9. The minimum atomic E-state index is -0.990. The molecule has 208 valence electrons. The van der Waals surface area contributed by atoms with Gasteiger partial charge in [-0.1, -0.05) is 42.3 Å². The number of para-hydroxylation sites is 1. The van der Waals surface area contributed by atoms with Crippen molar-refractivity contribution in [1.29, 1.82) is 0 Å². The molecule has 1 unspecified atom stereocenters. The van der Waals surface area contributed by atoms with Crippen molar-refractivity contribution in [2.75, 3.05) is 26.2 Å². The molecule has 3 aromatic carbocycles. The topological polar surface area (TPSA) is 108 Å². The zero-order valence-electron chi connectivity index (χ0n) is 22.9. The first kappa shape index (κ1) is 27.0. The van der Waals surface area contributed by atoms with Crippen molar-refractivity contribution in [3.63, 3.8) is 0 Å². The summed E-state index contributed by atoms with van der Waals surface area (Å²) in [5, 5.41) is 11.6. The lowest BCUT2D eigenvalue weighted by Gasteiger charge is -2.33. The van der Waals surface area contributed by atoms with Crippen LogP contribution in [0.3, 0.4) is 0 Å². The molecule has 0 saturated heterocycles. The zero-order chi connectivity index (χ0) is 28.1. The van der Waals surface area contributed by atoms with Crippen molar-refractivity contribution in [2.24, 2.45) is 0 Å². The molecule has 1 heterocycles. The summed E-state index contributed by atoms with van der Waals surface area (Å²) in [6.07, 6.45) is 3.94. The van der Waals surface area contributed by atoms with Crippen LogP contribution in [0.4, 0.5) is 5.69 Å². The van der Waals surface area contributed by atoms with Crippen LogP contribution in [0.1, 0.15) is 37.3 Å². The maximum Gasteiger partial charge on any atom is 0.249 e. The molecule has 10 nitrogen and oxygen atoms in total. The molecule has 1 aromatic heterocycles. The summed E-state index contributed by atoms with van der Waals surface area (Å²) < 4.78 is 18.0. The molecular weight excluding hydrogens is 510 g/mol. The highest BCUT2D eigenvalue weighted by molar-refractivity contribution is 6.02. The predicted octanol–water partition coefficient (Wildman–Crippen LogP) is 4.29. The number of nitrogens with zero attached hydrogens (tertiary/aromatic N) is 4. The number of aromatic nitrogens is 3. The first-order valence-corrected chi connectivity index (χ1v) is 13.3. The second-order valence-corrected chi connectivity index (χ2v) is 9.71. The second kappa shape index (κ2) is 12.1. The van der Waals surface area contributed by atoms with Gasteiger partial charge in [-0.3, -0.25) is 14.5 Å². The first-order valence-electron chi connectivity index (χ1n) is 13.3. The molecule has 0 aliphatic heterocycles. The van der Waals surface area contributed by atoms with Gasteiger partial charge in [0, 0.05) is 17.8 Å². The molecule has 5 rings (SSSR count). The van der Waals surface area contributed by atoms with Gasteiger partial charge in [0.25, 0.3) is 0 Å². The van der Waals surface area contributed by atoms with Crippen LogP contribution < -0.4 is 24.4 Å². The Morgan fingerprint density at radius 2 is 1.73 bits per heavy atom. The molecule has 1 aliphatic carbocycles. The largest absolute Gasteiger partial charge is 0.497 e. The number of hydrogen-bond donors (Lipinski definition) is 1. The van der Waals surface area contributed by atoms with E-state index in [0.29, 0.717) is 34.0 Å². The minimum absolute atomic E-state index is 0.0576. The van der Waals surface area contributed by atoms with Crippen molar-refractivity contribution >= 4 is 28.5 Å². The number of ether oxygens (including phenoxy) is 3. The SMILES string of the molecule is COc1cccc(C(C(=O)NC2CCCC2)N(C(=O)Cn2nnc3ccccc32)c2ccc(OC)c(OC)c2)c1. The summed E-state index contributed by atoms with van der Waals surface area (Å²) in [6, 6.07) is 18.9. The van der Waals surface area contributed by atoms with E-state index in [1.54, 1.807) is 49.2 Å². The van der Waals surface area contributed by atoms with Gasteiger partial charge in [0.1, 0.15) is 23.9 Å². The van der Waals surface area contributed by atoms with Crippen LogP contribution in [0, 0.1) is 0 Å². The molecule has 1 aliphatic rings. The predicted molar refractivity (Wildman–Crippen MR) is 151 cm³/mol. The molecule has 40 heavy (non-hydrogen) atoms. The van der Waals surface area contributed by atoms with Crippen LogP contribution in [0.15, 0.2) is 66.7 Å². The molecule has 0 radical (unpaired) electrons. The summed E-state index contributed by atoms with van der Waals surface area (Å²) in [4.78, 5) is 29.8. The summed E-state index contributed by atoms with van der Waals surface area (Å²) >= 11 is 0. The molecular formula is C30H33N5O5.